The molecule has 0 saturated heterocycles. The maximum atomic E-state index is 11.7. The Kier molecular flexibility index (Phi) is 8.28. The molecule has 0 aliphatic heterocycles. The SMILES string of the molecule is COc1cc(/C=N\OCC(=O)NCCC2=CCCCC2)cc(Cl)c1OC. The second kappa shape index (κ2) is 10.7. The summed E-state index contributed by atoms with van der Waals surface area (Å²) in [6, 6.07) is 3.39. The minimum Gasteiger partial charge on any atom is -0.493 e. The molecule has 1 aromatic rings. The van der Waals surface area contributed by atoms with Gasteiger partial charge in [-0.25, -0.2) is 0 Å². The van der Waals surface area contributed by atoms with E-state index in [1.54, 1.807) is 12.1 Å². The molecule has 0 saturated carbocycles. The lowest BCUT2D eigenvalue weighted by molar-refractivity contribution is -0.125. The molecule has 0 atom stereocenters. The summed E-state index contributed by atoms with van der Waals surface area (Å²) in [5.41, 5.74) is 2.11. The Morgan fingerprint density at radius 2 is 2.15 bits per heavy atom. The molecular weight excluding hydrogens is 356 g/mol. The summed E-state index contributed by atoms with van der Waals surface area (Å²) in [6.07, 6.45) is 9.47. The van der Waals surface area contributed by atoms with Gasteiger partial charge in [0.2, 0.25) is 0 Å². The minimum atomic E-state index is -0.191. The van der Waals surface area contributed by atoms with Crippen LogP contribution in [0.5, 0.6) is 11.5 Å². The number of methoxy groups -OCH3 is 2. The van der Waals surface area contributed by atoms with Crippen LogP contribution in [0.2, 0.25) is 5.02 Å². The van der Waals surface area contributed by atoms with Crippen LogP contribution in [0.1, 0.15) is 37.7 Å². The van der Waals surface area contributed by atoms with Gasteiger partial charge >= 0.3 is 0 Å². The first-order valence-electron chi connectivity index (χ1n) is 8.65. The van der Waals surface area contributed by atoms with E-state index in [0.717, 1.165) is 19.3 Å². The smallest absolute Gasteiger partial charge is 0.260 e. The Hall–Kier alpha value is -2.21. The van der Waals surface area contributed by atoms with E-state index in [1.807, 2.05) is 0 Å². The number of nitrogens with zero attached hydrogens (tertiary/aromatic N) is 1. The van der Waals surface area contributed by atoms with E-state index in [0.29, 0.717) is 28.6 Å². The molecule has 0 spiro atoms. The van der Waals surface area contributed by atoms with E-state index in [9.17, 15) is 4.79 Å². The predicted molar refractivity (Wildman–Crippen MR) is 102 cm³/mol. The lowest BCUT2D eigenvalue weighted by atomic mass is 9.97. The van der Waals surface area contributed by atoms with Gasteiger partial charge in [-0.2, -0.15) is 0 Å². The number of carbonyl (C=O) groups excluding carboxylic acids is 1. The molecule has 7 heteroatoms. The Bertz CT molecular complexity index is 674. The van der Waals surface area contributed by atoms with Gasteiger partial charge in [-0.15, -0.1) is 0 Å². The van der Waals surface area contributed by atoms with Crippen LogP contribution in [0.4, 0.5) is 0 Å². The van der Waals surface area contributed by atoms with Crippen molar-refractivity contribution in [3.05, 3.63) is 34.4 Å². The summed E-state index contributed by atoms with van der Waals surface area (Å²) in [6.45, 7) is 0.500. The number of oxime groups is 1. The van der Waals surface area contributed by atoms with Crippen molar-refractivity contribution in [3.8, 4) is 11.5 Å². The van der Waals surface area contributed by atoms with Crippen LogP contribution < -0.4 is 14.8 Å². The number of nitrogens with one attached hydrogen (secondary N) is 1. The zero-order valence-corrected chi connectivity index (χ0v) is 16.0. The monoisotopic (exact) mass is 380 g/mol. The first-order valence-corrected chi connectivity index (χ1v) is 9.03. The number of hydrogen-bond acceptors (Lipinski definition) is 5. The highest BCUT2D eigenvalue weighted by molar-refractivity contribution is 6.32. The van der Waals surface area contributed by atoms with E-state index in [-0.39, 0.29) is 12.5 Å². The molecule has 26 heavy (non-hydrogen) atoms. The second-order valence-electron chi connectivity index (χ2n) is 5.95. The summed E-state index contributed by atoms with van der Waals surface area (Å²) < 4.78 is 10.4. The van der Waals surface area contributed by atoms with Crippen molar-refractivity contribution < 1.29 is 19.1 Å². The zero-order valence-electron chi connectivity index (χ0n) is 15.2. The Morgan fingerprint density at radius 3 is 2.85 bits per heavy atom. The molecule has 6 nitrogen and oxygen atoms in total. The third-order valence-corrected chi connectivity index (χ3v) is 4.36. The highest BCUT2D eigenvalue weighted by Crippen LogP contribution is 2.35. The Morgan fingerprint density at radius 1 is 1.31 bits per heavy atom. The molecule has 0 fully saturated rings. The van der Waals surface area contributed by atoms with Gasteiger partial charge in [0.1, 0.15) is 0 Å². The number of halogens is 1. The Balaban J connectivity index is 1.73. The summed E-state index contributed by atoms with van der Waals surface area (Å²) >= 11 is 6.12. The molecule has 0 unspecified atom stereocenters. The molecule has 1 aromatic carbocycles. The van der Waals surface area contributed by atoms with Crippen molar-refractivity contribution in [1.29, 1.82) is 0 Å². The van der Waals surface area contributed by atoms with Gasteiger partial charge in [-0.05, 0) is 44.2 Å². The fraction of sp³-hybridized carbons (Fsp3) is 0.474. The first-order chi connectivity index (χ1) is 12.6. The fourth-order valence-corrected chi connectivity index (χ4v) is 3.05. The maximum Gasteiger partial charge on any atom is 0.260 e. The van der Waals surface area contributed by atoms with Crippen molar-refractivity contribution in [3.63, 3.8) is 0 Å². The second-order valence-corrected chi connectivity index (χ2v) is 6.36. The van der Waals surface area contributed by atoms with Crippen molar-refractivity contribution in [2.45, 2.75) is 32.1 Å². The van der Waals surface area contributed by atoms with E-state index < -0.39 is 0 Å². The number of allylic oxidation sites excluding steroid dienone is 1. The molecule has 1 aliphatic rings. The molecule has 0 aromatic heterocycles. The van der Waals surface area contributed by atoms with Crippen molar-refractivity contribution >= 4 is 23.7 Å². The largest absolute Gasteiger partial charge is 0.493 e. The third-order valence-electron chi connectivity index (χ3n) is 4.08. The summed E-state index contributed by atoms with van der Waals surface area (Å²) in [7, 11) is 3.04. The molecule has 2 rings (SSSR count). The van der Waals surface area contributed by atoms with Gasteiger partial charge in [0, 0.05) is 12.1 Å². The molecule has 1 amide bonds. The number of ether oxygens (including phenoxy) is 2. The van der Waals surface area contributed by atoms with Crippen molar-refractivity contribution in [2.75, 3.05) is 27.4 Å². The third kappa shape index (κ3) is 6.26. The van der Waals surface area contributed by atoms with Gasteiger partial charge in [0.15, 0.2) is 18.1 Å². The molecule has 1 aliphatic carbocycles. The van der Waals surface area contributed by atoms with Crippen molar-refractivity contribution in [1.82, 2.24) is 5.32 Å². The normalized spacial score (nSPS) is 14.0. The van der Waals surface area contributed by atoms with E-state index in [4.69, 9.17) is 25.9 Å². The topological polar surface area (TPSA) is 69.2 Å². The predicted octanol–water partition coefficient (Wildman–Crippen LogP) is 3.71. The van der Waals surface area contributed by atoms with Crippen LogP contribution in [0.25, 0.3) is 0 Å². The lowest BCUT2D eigenvalue weighted by Crippen LogP contribution is -2.28. The number of hydrogen-bond donors (Lipinski definition) is 1. The first kappa shape index (κ1) is 20.1. The number of amides is 1. The van der Waals surface area contributed by atoms with E-state index >= 15 is 0 Å². The summed E-state index contributed by atoms with van der Waals surface area (Å²) in [5.74, 6) is 0.764. The van der Waals surface area contributed by atoms with Gasteiger partial charge < -0.3 is 19.6 Å². The molecule has 142 valence electrons. The zero-order chi connectivity index (χ0) is 18.8. The summed E-state index contributed by atoms with van der Waals surface area (Å²) in [4.78, 5) is 16.8. The van der Waals surface area contributed by atoms with Crippen LogP contribution in [-0.2, 0) is 9.63 Å². The highest BCUT2D eigenvalue weighted by atomic mass is 35.5. The van der Waals surface area contributed by atoms with Gasteiger partial charge in [0.05, 0.1) is 25.5 Å². The van der Waals surface area contributed by atoms with Crippen LogP contribution in [0.3, 0.4) is 0 Å². The average Bonchev–Trinajstić information content (AvgIpc) is 2.65. The number of carbonyl (C=O) groups is 1. The van der Waals surface area contributed by atoms with Gasteiger partial charge in [-0.3, -0.25) is 4.79 Å². The van der Waals surface area contributed by atoms with Crippen LogP contribution in [0, 0.1) is 0 Å². The molecule has 0 heterocycles. The molecule has 1 N–H and O–H groups in total. The minimum absolute atomic E-state index is 0.128. The van der Waals surface area contributed by atoms with Crippen molar-refractivity contribution in [2.24, 2.45) is 5.16 Å². The highest BCUT2D eigenvalue weighted by Gasteiger charge is 2.10. The lowest BCUT2D eigenvalue weighted by Gasteiger charge is -2.12. The van der Waals surface area contributed by atoms with Crippen LogP contribution in [0.15, 0.2) is 28.9 Å². The van der Waals surface area contributed by atoms with Gasteiger partial charge in [-0.1, -0.05) is 28.4 Å². The maximum absolute atomic E-state index is 11.7. The molecule has 0 radical (unpaired) electrons. The fourth-order valence-electron chi connectivity index (χ4n) is 2.75. The quantitative estimate of drug-likeness (QED) is 0.403. The summed E-state index contributed by atoms with van der Waals surface area (Å²) in [5, 5.41) is 7.04. The molecular formula is C19H25ClN2O4. The number of benzene rings is 1. The van der Waals surface area contributed by atoms with E-state index in [2.05, 4.69) is 16.5 Å². The van der Waals surface area contributed by atoms with Gasteiger partial charge in [0.25, 0.3) is 5.91 Å². The number of rotatable bonds is 9. The van der Waals surface area contributed by atoms with Crippen LogP contribution >= 0.6 is 11.6 Å². The average molecular weight is 381 g/mol. The van der Waals surface area contributed by atoms with E-state index in [1.165, 1.54) is 38.8 Å². The van der Waals surface area contributed by atoms with Crippen LogP contribution in [-0.4, -0.2) is 39.5 Å². The standard InChI is InChI=1S/C19H25ClN2O4/c1-24-17-11-15(10-16(20)19(17)25-2)12-22-26-13-18(23)21-9-8-14-6-4-3-5-7-14/h6,10-12H,3-5,7-9,13H2,1-2H3,(H,21,23)/b22-12-. The molecule has 0 bridgehead atoms. The Labute approximate surface area is 159 Å².